The van der Waals surface area contributed by atoms with Crippen molar-refractivity contribution in [1.29, 1.82) is 0 Å². The van der Waals surface area contributed by atoms with Gasteiger partial charge >= 0.3 is 0 Å². The Morgan fingerprint density at radius 1 is 1.44 bits per heavy atom. The lowest BCUT2D eigenvalue weighted by molar-refractivity contribution is 0.0953. The van der Waals surface area contributed by atoms with E-state index < -0.39 is 0 Å². The maximum Gasteiger partial charge on any atom is 0.272 e. The molecule has 0 saturated heterocycles. The molecule has 1 aliphatic rings. The molecule has 1 amide bonds. The van der Waals surface area contributed by atoms with Crippen LogP contribution in [0.25, 0.3) is 0 Å². The van der Waals surface area contributed by atoms with Crippen LogP contribution in [0.1, 0.15) is 43.0 Å². The first-order valence-electron chi connectivity index (χ1n) is 6.27. The van der Waals surface area contributed by atoms with Gasteiger partial charge in [0.25, 0.3) is 5.91 Å². The van der Waals surface area contributed by atoms with E-state index in [0.717, 1.165) is 23.0 Å². The van der Waals surface area contributed by atoms with Crippen LogP contribution in [0.4, 0.5) is 0 Å². The Morgan fingerprint density at radius 3 is 2.94 bits per heavy atom. The number of rotatable bonds is 2. The molecule has 1 atom stereocenters. The Morgan fingerprint density at radius 2 is 2.22 bits per heavy atom. The Balaban J connectivity index is 2.00. The van der Waals surface area contributed by atoms with Crippen LogP contribution in [0.15, 0.2) is 33.8 Å². The standard InChI is InChI=1S/C14H17BrN2O/c1-10-5-4-6-11(9-10)16-17-14(18)12-7-2-3-8-13(12)15/h2-3,7-8,10H,4-6,9H2,1H3,(H,17,18)/b16-11+. The van der Waals surface area contributed by atoms with Crippen molar-refractivity contribution >= 4 is 27.5 Å². The Kier molecular flexibility index (Phi) is 4.53. The molecule has 0 spiro atoms. The van der Waals surface area contributed by atoms with Crippen molar-refractivity contribution in [2.75, 3.05) is 0 Å². The van der Waals surface area contributed by atoms with Gasteiger partial charge < -0.3 is 0 Å². The molecule has 4 heteroatoms. The number of halogens is 1. The van der Waals surface area contributed by atoms with Gasteiger partial charge in [-0.15, -0.1) is 0 Å². The molecule has 1 fully saturated rings. The Hall–Kier alpha value is -1.16. The summed E-state index contributed by atoms with van der Waals surface area (Å²) >= 11 is 3.36. The Bertz CT molecular complexity index is 471. The van der Waals surface area contributed by atoms with Crippen molar-refractivity contribution in [3.05, 3.63) is 34.3 Å². The predicted octanol–water partition coefficient (Wildman–Crippen LogP) is 3.75. The molecule has 0 aliphatic heterocycles. The van der Waals surface area contributed by atoms with Gasteiger partial charge in [0.15, 0.2) is 0 Å². The van der Waals surface area contributed by atoms with Gasteiger partial charge in [-0.1, -0.05) is 19.1 Å². The number of hydrazone groups is 1. The van der Waals surface area contributed by atoms with Gasteiger partial charge in [0.05, 0.1) is 5.56 Å². The molecule has 96 valence electrons. The summed E-state index contributed by atoms with van der Waals surface area (Å²) in [6, 6.07) is 7.36. The molecule has 1 unspecified atom stereocenters. The zero-order valence-electron chi connectivity index (χ0n) is 10.4. The minimum absolute atomic E-state index is 0.159. The molecular formula is C14H17BrN2O. The number of nitrogens with zero attached hydrogens (tertiary/aromatic N) is 1. The SMILES string of the molecule is CC1CCC/C(=N\NC(=O)c2ccccc2Br)C1. The van der Waals surface area contributed by atoms with E-state index in [-0.39, 0.29) is 5.91 Å². The fraction of sp³-hybridized carbons (Fsp3) is 0.429. The van der Waals surface area contributed by atoms with E-state index in [1.165, 1.54) is 12.8 Å². The van der Waals surface area contributed by atoms with Gasteiger partial charge in [-0.25, -0.2) is 5.43 Å². The van der Waals surface area contributed by atoms with Crippen LogP contribution in [0.2, 0.25) is 0 Å². The van der Waals surface area contributed by atoms with Crippen LogP contribution in [0.3, 0.4) is 0 Å². The van der Waals surface area contributed by atoms with Gasteiger partial charge in [0.2, 0.25) is 0 Å². The van der Waals surface area contributed by atoms with E-state index in [9.17, 15) is 4.79 Å². The molecule has 1 aliphatic carbocycles. The van der Waals surface area contributed by atoms with Crippen molar-refractivity contribution in [2.24, 2.45) is 11.0 Å². The number of carbonyl (C=O) groups is 1. The largest absolute Gasteiger partial charge is 0.272 e. The van der Waals surface area contributed by atoms with E-state index in [1.807, 2.05) is 18.2 Å². The summed E-state index contributed by atoms with van der Waals surface area (Å²) < 4.78 is 0.791. The van der Waals surface area contributed by atoms with E-state index in [4.69, 9.17) is 0 Å². The number of benzene rings is 1. The summed E-state index contributed by atoms with van der Waals surface area (Å²) in [5.41, 5.74) is 4.37. The van der Waals surface area contributed by atoms with Crippen molar-refractivity contribution in [1.82, 2.24) is 5.43 Å². The number of carbonyl (C=O) groups excluding carboxylic acids is 1. The minimum atomic E-state index is -0.159. The summed E-state index contributed by atoms with van der Waals surface area (Å²) in [5.74, 6) is 0.520. The number of hydrogen-bond acceptors (Lipinski definition) is 2. The number of nitrogens with one attached hydrogen (secondary N) is 1. The third kappa shape index (κ3) is 3.42. The second kappa shape index (κ2) is 6.14. The lowest BCUT2D eigenvalue weighted by Gasteiger charge is -2.18. The summed E-state index contributed by atoms with van der Waals surface area (Å²) in [6.07, 6.45) is 4.43. The average Bonchev–Trinajstić information content (AvgIpc) is 2.37. The first-order valence-corrected chi connectivity index (χ1v) is 7.06. The normalized spacial score (nSPS) is 21.9. The number of hydrogen-bond donors (Lipinski definition) is 1. The highest BCUT2D eigenvalue weighted by Crippen LogP contribution is 2.21. The fourth-order valence-electron chi connectivity index (χ4n) is 2.20. The van der Waals surface area contributed by atoms with Crippen LogP contribution >= 0.6 is 15.9 Å². The van der Waals surface area contributed by atoms with Gasteiger partial charge in [-0.05, 0) is 59.7 Å². The zero-order valence-corrected chi connectivity index (χ0v) is 12.0. The summed E-state index contributed by atoms with van der Waals surface area (Å²) in [5, 5.41) is 4.25. The third-order valence-electron chi connectivity index (χ3n) is 3.18. The lowest BCUT2D eigenvalue weighted by Crippen LogP contribution is -2.22. The first kappa shape index (κ1) is 13.3. The quantitative estimate of drug-likeness (QED) is 0.831. The second-order valence-electron chi connectivity index (χ2n) is 4.80. The summed E-state index contributed by atoms with van der Waals surface area (Å²) in [7, 11) is 0. The van der Waals surface area contributed by atoms with Crippen LogP contribution < -0.4 is 5.43 Å². The molecule has 0 bridgehead atoms. The zero-order chi connectivity index (χ0) is 13.0. The van der Waals surface area contributed by atoms with E-state index >= 15 is 0 Å². The third-order valence-corrected chi connectivity index (χ3v) is 3.87. The average molecular weight is 309 g/mol. The van der Waals surface area contributed by atoms with Crippen molar-refractivity contribution < 1.29 is 4.79 Å². The molecule has 0 radical (unpaired) electrons. The van der Waals surface area contributed by atoms with Crippen LogP contribution in [-0.4, -0.2) is 11.6 Å². The smallest absolute Gasteiger partial charge is 0.267 e. The highest BCUT2D eigenvalue weighted by Gasteiger charge is 2.15. The van der Waals surface area contributed by atoms with Crippen LogP contribution in [0.5, 0.6) is 0 Å². The van der Waals surface area contributed by atoms with Crippen molar-refractivity contribution in [3.63, 3.8) is 0 Å². The Labute approximate surface area is 116 Å². The summed E-state index contributed by atoms with van der Waals surface area (Å²) in [6.45, 7) is 2.23. The predicted molar refractivity (Wildman–Crippen MR) is 76.7 cm³/mol. The van der Waals surface area contributed by atoms with Crippen molar-refractivity contribution in [3.8, 4) is 0 Å². The first-order chi connectivity index (χ1) is 8.66. The molecular weight excluding hydrogens is 292 g/mol. The maximum absolute atomic E-state index is 11.9. The summed E-state index contributed by atoms with van der Waals surface area (Å²) in [4.78, 5) is 11.9. The minimum Gasteiger partial charge on any atom is -0.267 e. The van der Waals surface area contributed by atoms with Gasteiger partial charge in [-0.2, -0.15) is 5.10 Å². The molecule has 1 saturated carbocycles. The molecule has 0 aromatic heterocycles. The van der Waals surface area contributed by atoms with E-state index in [0.29, 0.717) is 11.5 Å². The highest BCUT2D eigenvalue weighted by molar-refractivity contribution is 9.10. The molecule has 1 aromatic carbocycles. The topological polar surface area (TPSA) is 41.5 Å². The second-order valence-corrected chi connectivity index (χ2v) is 5.65. The van der Waals surface area contributed by atoms with E-state index in [2.05, 4.69) is 33.4 Å². The fourth-order valence-corrected chi connectivity index (χ4v) is 2.66. The van der Waals surface area contributed by atoms with Gasteiger partial charge in [0, 0.05) is 10.2 Å². The molecule has 18 heavy (non-hydrogen) atoms. The van der Waals surface area contributed by atoms with Crippen LogP contribution in [0, 0.1) is 5.92 Å². The van der Waals surface area contributed by atoms with Gasteiger partial charge in [0.1, 0.15) is 0 Å². The van der Waals surface area contributed by atoms with E-state index in [1.54, 1.807) is 6.07 Å². The monoisotopic (exact) mass is 308 g/mol. The molecule has 0 heterocycles. The molecule has 1 N–H and O–H groups in total. The molecule has 2 rings (SSSR count). The lowest BCUT2D eigenvalue weighted by atomic mass is 9.89. The maximum atomic E-state index is 11.9. The van der Waals surface area contributed by atoms with Crippen molar-refractivity contribution in [2.45, 2.75) is 32.6 Å². The van der Waals surface area contributed by atoms with Gasteiger partial charge in [-0.3, -0.25) is 4.79 Å². The molecule has 3 nitrogen and oxygen atoms in total. The highest BCUT2D eigenvalue weighted by atomic mass is 79.9. The number of amides is 1. The van der Waals surface area contributed by atoms with Crippen LogP contribution in [-0.2, 0) is 0 Å². The molecule has 1 aromatic rings.